The summed E-state index contributed by atoms with van der Waals surface area (Å²) >= 11 is 0. The van der Waals surface area contributed by atoms with Gasteiger partial charge in [0.05, 0.1) is 12.2 Å². The van der Waals surface area contributed by atoms with E-state index in [1.807, 2.05) is 0 Å². The molecular weight excluding hydrogens is 148 g/mol. The van der Waals surface area contributed by atoms with Crippen LogP contribution in [-0.4, -0.2) is 0 Å². The van der Waals surface area contributed by atoms with Gasteiger partial charge in [0.15, 0.2) is 0 Å². The number of rotatable bonds is 0. The van der Waals surface area contributed by atoms with Crippen LogP contribution >= 0.6 is 0 Å². The van der Waals surface area contributed by atoms with E-state index in [1.165, 1.54) is 17.5 Å². The molecule has 4 unspecified atom stereocenters. The normalized spacial score (nSPS) is 45.7. The summed E-state index contributed by atoms with van der Waals surface area (Å²) in [6.45, 7) is 0. The van der Waals surface area contributed by atoms with E-state index in [9.17, 15) is 0 Å². The lowest BCUT2D eigenvalue weighted by Crippen LogP contribution is -1.99. The SMILES string of the molecule is c1ccc2c(c1)C1OC2C2CC12. The van der Waals surface area contributed by atoms with Gasteiger partial charge in [0, 0.05) is 0 Å². The molecular formula is C11H10O. The van der Waals surface area contributed by atoms with Crippen LogP contribution in [0.3, 0.4) is 0 Å². The fraction of sp³-hybridized carbons (Fsp3) is 0.455. The van der Waals surface area contributed by atoms with Crippen LogP contribution < -0.4 is 0 Å². The van der Waals surface area contributed by atoms with Crippen LogP contribution in [0.1, 0.15) is 29.8 Å². The Kier molecular flexibility index (Phi) is 0.767. The second-order valence-corrected chi connectivity index (χ2v) is 4.17. The molecule has 0 radical (unpaired) electrons. The zero-order valence-corrected chi connectivity index (χ0v) is 6.73. The van der Waals surface area contributed by atoms with Crippen molar-refractivity contribution in [2.75, 3.05) is 0 Å². The minimum Gasteiger partial charge on any atom is -0.365 e. The first-order valence-corrected chi connectivity index (χ1v) is 4.69. The maximum atomic E-state index is 5.90. The van der Waals surface area contributed by atoms with Crippen LogP contribution in [0.4, 0.5) is 0 Å². The summed E-state index contributed by atoms with van der Waals surface area (Å²) in [6.07, 6.45) is 2.34. The van der Waals surface area contributed by atoms with E-state index in [2.05, 4.69) is 24.3 Å². The molecule has 1 heteroatoms. The predicted molar refractivity (Wildman–Crippen MR) is 44.6 cm³/mol. The van der Waals surface area contributed by atoms with Crippen LogP contribution in [0.2, 0.25) is 0 Å². The summed E-state index contributed by atoms with van der Waals surface area (Å²) in [5, 5.41) is 0. The molecule has 2 bridgehead atoms. The minimum absolute atomic E-state index is 0.469. The Morgan fingerprint density at radius 2 is 1.58 bits per heavy atom. The molecule has 2 heterocycles. The third-order valence-electron chi connectivity index (χ3n) is 3.57. The Morgan fingerprint density at radius 1 is 1.00 bits per heavy atom. The van der Waals surface area contributed by atoms with Gasteiger partial charge in [-0.15, -0.1) is 0 Å². The van der Waals surface area contributed by atoms with Crippen LogP contribution in [0, 0.1) is 11.8 Å². The van der Waals surface area contributed by atoms with Gasteiger partial charge in [0.1, 0.15) is 0 Å². The lowest BCUT2D eigenvalue weighted by atomic mass is 9.92. The van der Waals surface area contributed by atoms with E-state index < -0.39 is 0 Å². The van der Waals surface area contributed by atoms with E-state index >= 15 is 0 Å². The average molecular weight is 158 g/mol. The summed E-state index contributed by atoms with van der Waals surface area (Å²) in [5.74, 6) is 1.76. The van der Waals surface area contributed by atoms with E-state index in [0.29, 0.717) is 12.2 Å². The minimum atomic E-state index is 0.469. The number of ether oxygens (including phenoxy) is 1. The van der Waals surface area contributed by atoms with E-state index in [4.69, 9.17) is 4.74 Å². The summed E-state index contributed by atoms with van der Waals surface area (Å²) < 4.78 is 5.90. The van der Waals surface area contributed by atoms with Crippen LogP contribution in [0.5, 0.6) is 0 Å². The molecule has 4 atom stereocenters. The first kappa shape index (κ1) is 5.76. The van der Waals surface area contributed by atoms with Gasteiger partial charge < -0.3 is 4.74 Å². The van der Waals surface area contributed by atoms with Gasteiger partial charge in [0.25, 0.3) is 0 Å². The number of fused-ring (bicyclic) bond motifs is 8. The van der Waals surface area contributed by atoms with Gasteiger partial charge in [0.2, 0.25) is 0 Å². The van der Waals surface area contributed by atoms with Crippen molar-refractivity contribution < 1.29 is 4.74 Å². The van der Waals surface area contributed by atoms with Gasteiger partial charge in [-0.1, -0.05) is 24.3 Å². The lowest BCUT2D eigenvalue weighted by Gasteiger charge is -2.08. The first-order valence-electron chi connectivity index (χ1n) is 4.69. The molecule has 1 aromatic carbocycles. The topological polar surface area (TPSA) is 9.23 Å². The molecule has 60 valence electrons. The average Bonchev–Trinajstić information content (AvgIpc) is 2.74. The van der Waals surface area contributed by atoms with Gasteiger partial charge in [-0.2, -0.15) is 0 Å². The lowest BCUT2D eigenvalue weighted by molar-refractivity contribution is 0.0392. The highest BCUT2D eigenvalue weighted by Gasteiger charge is 2.61. The summed E-state index contributed by atoms with van der Waals surface area (Å²) in [7, 11) is 0. The van der Waals surface area contributed by atoms with Crippen molar-refractivity contribution in [2.24, 2.45) is 11.8 Å². The zero-order valence-electron chi connectivity index (χ0n) is 6.73. The molecule has 1 saturated carbocycles. The highest BCUT2D eigenvalue weighted by atomic mass is 16.5. The Morgan fingerprint density at radius 3 is 2.17 bits per heavy atom. The summed E-state index contributed by atoms with van der Waals surface area (Å²) in [5.41, 5.74) is 2.95. The molecule has 1 saturated heterocycles. The van der Waals surface area contributed by atoms with Crippen molar-refractivity contribution in [3.63, 3.8) is 0 Å². The van der Waals surface area contributed by atoms with Crippen molar-refractivity contribution in [3.8, 4) is 0 Å². The Balaban J connectivity index is 2.01. The third kappa shape index (κ3) is 0.469. The molecule has 12 heavy (non-hydrogen) atoms. The maximum Gasteiger partial charge on any atom is 0.0869 e. The van der Waals surface area contributed by atoms with Gasteiger partial charge in [-0.25, -0.2) is 0 Å². The van der Waals surface area contributed by atoms with Crippen LogP contribution in [0.15, 0.2) is 24.3 Å². The van der Waals surface area contributed by atoms with Crippen molar-refractivity contribution >= 4 is 0 Å². The highest BCUT2D eigenvalue weighted by molar-refractivity contribution is 5.41. The number of hydrogen-bond acceptors (Lipinski definition) is 1. The molecule has 0 aromatic heterocycles. The fourth-order valence-corrected chi connectivity index (χ4v) is 2.93. The zero-order chi connectivity index (χ0) is 7.71. The molecule has 1 nitrogen and oxygen atoms in total. The maximum absolute atomic E-state index is 5.90. The monoisotopic (exact) mass is 158 g/mol. The molecule has 4 rings (SSSR count). The molecule has 2 aliphatic heterocycles. The first-order chi connectivity index (χ1) is 5.95. The number of benzene rings is 1. The Labute approximate surface area is 71.4 Å². The van der Waals surface area contributed by atoms with E-state index in [-0.39, 0.29) is 0 Å². The predicted octanol–water partition coefficient (Wildman–Crippen LogP) is 2.45. The Bertz CT molecular complexity index is 325. The smallest absolute Gasteiger partial charge is 0.0869 e. The van der Waals surface area contributed by atoms with Gasteiger partial charge in [-0.05, 0) is 29.4 Å². The standard InChI is InChI=1S/C11H10O/c1-2-4-7-6(3-1)10-8-5-9(8)11(7)12-10/h1-4,8-11H,5H2. The molecule has 0 N–H and O–H groups in total. The molecule has 3 aliphatic rings. The van der Waals surface area contributed by atoms with Crippen molar-refractivity contribution in [1.82, 2.24) is 0 Å². The summed E-state index contributed by atoms with van der Waals surface area (Å²) in [6, 6.07) is 8.71. The molecule has 0 amide bonds. The summed E-state index contributed by atoms with van der Waals surface area (Å²) in [4.78, 5) is 0. The van der Waals surface area contributed by atoms with Crippen molar-refractivity contribution in [3.05, 3.63) is 35.4 Å². The molecule has 1 aromatic rings. The quantitative estimate of drug-likeness (QED) is 0.563. The third-order valence-corrected chi connectivity index (χ3v) is 3.57. The van der Waals surface area contributed by atoms with Gasteiger partial charge in [-0.3, -0.25) is 0 Å². The second-order valence-electron chi connectivity index (χ2n) is 4.17. The molecule has 0 spiro atoms. The van der Waals surface area contributed by atoms with E-state index in [1.54, 1.807) is 0 Å². The van der Waals surface area contributed by atoms with Crippen LogP contribution in [-0.2, 0) is 4.74 Å². The van der Waals surface area contributed by atoms with Crippen LogP contribution in [0.25, 0.3) is 0 Å². The largest absolute Gasteiger partial charge is 0.365 e. The van der Waals surface area contributed by atoms with Crippen molar-refractivity contribution in [1.29, 1.82) is 0 Å². The number of hydrogen-bond donors (Lipinski definition) is 0. The Hall–Kier alpha value is -0.820. The fourth-order valence-electron chi connectivity index (χ4n) is 2.93. The van der Waals surface area contributed by atoms with Crippen molar-refractivity contribution in [2.45, 2.75) is 18.6 Å². The highest BCUT2D eigenvalue weighted by Crippen LogP contribution is 2.68. The molecule has 1 aliphatic carbocycles. The van der Waals surface area contributed by atoms with Gasteiger partial charge >= 0.3 is 0 Å². The second kappa shape index (κ2) is 1.60. The van der Waals surface area contributed by atoms with E-state index in [0.717, 1.165) is 11.8 Å². The molecule has 2 fully saturated rings.